The first-order chi connectivity index (χ1) is 13.6. The molecule has 148 valence electrons. The Labute approximate surface area is 168 Å². The van der Waals surface area contributed by atoms with Crippen LogP contribution in [0.25, 0.3) is 11.1 Å². The van der Waals surface area contributed by atoms with E-state index < -0.39 is 0 Å². The molecule has 4 rings (SSSR count). The molecule has 0 spiro atoms. The average molecular weight is 378 g/mol. The second-order valence-electron chi connectivity index (χ2n) is 8.32. The van der Waals surface area contributed by atoms with Crippen molar-refractivity contribution in [2.24, 2.45) is 0 Å². The molecule has 2 heterocycles. The van der Waals surface area contributed by atoms with E-state index in [0.717, 1.165) is 32.6 Å². The van der Waals surface area contributed by atoms with E-state index in [4.69, 9.17) is 0 Å². The first-order valence-corrected chi connectivity index (χ1v) is 10.5. The highest BCUT2D eigenvalue weighted by Gasteiger charge is 2.31. The topological polar surface area (TPSA) is 35.6 Å². The van der Waals surface area contributed by atoms with Crippen LogP contribution in [0.2, 0.25) is 0 Å². The number of piperidine rings is 1. The number of amides is 1. The number of hydrogen-bond acceptors (Lipinski definition) is 3. The van der Waals surface area contributed by atoms with Gasteiger partial charge in [-0.3, -0.25) is 9.69 Å². The van der Waals surface area contributed by atoms with Gasteiger partial charge in [0.15, 0.2) is 0 Å². The quantitative estimate of drug-likeness (QED) is 0.879. The van der Waals surface area contributed by atoms with Crippen LogP contribution in [0.1, 0.15) is 31.7 Å². The number of aryl methyl sites for hydroxylation is 1. The largest absolute Gasteiger partial charge is 0.371 e. The van der Waals surface area contributed by atoms with Crippen molar-refractivity contribution in [2.75, 3.05) is 31.1 Å². The summed E-state index contributed by atoms with van der Waals surface area (Å²) in [4.78, 5) is 16.4. The molecule has 1 amide bonds. The van der Waals surface area contributed by atoms with E-state index in [1.807, 2.05) is 0 Å². The average Bonchev–Trinajstić information content (AvgIpc) is 3.16. The van der Waals surface area contributed by atoms with E-state index in [2.05, 4.69) is 70.6 Å². The summed E-state index contributed by atoms with van der Waals surface area (Å²) in [5.74, 6) is 0.0927. The van der Waals surface area contributed by atoms with Crippen LogP contribution in [-0.2, 0) is 4.79 Å². The molecule has 2 aromatic carbocycles. The van der Waals surface area contributed by atoms with E-state index in [-0.39, 0.29) is 5.91 Å². The standard InChI is InChI=1S/C24H31N3O/c1-18-5-3-6-20(15-18)21-7-4-8-24(16-21)26-13-10-23(11-14-26)27-12-9-22(17-27)25-19(2)28/h3-8,15-16,22-23H,9-14,17H2,1-2H3,(H,25,28). The van der Waals surface area contributed by atoms with Gasteiger partial charge in [-0.15, -0.1) is 0 Å². The van der Waals surface area contributed by atoms with Crippen LogP contribution in [-0.4, -0.2) is 49.1 Å². The van der Waals surface area contributed by atoms with Crippen LogP contribution in [0.3, 0.4) is 0 Å². The molecule has 2 aromatic rings. The van der Waals surface area contributed by atoms with E-state index in [1.165, 1.54) is 35.2 Å². The summed E-state index contributed by atoms with van der Waals surface area (Å²) in [5.41, 5.74) is 5.21. The van der Waals surface area contributed by atoms with E-state index in [1.54, 1.807) is 6.92 Å². The molecule has 2 fully saturated rings. The zero-order chi connectivity index (χ0) is 19.5. The summed E-state index contributed by atoms with van der Waals surface area (Å²) in [6.07, 6.45) is 3.47. The van der Waals surface area contributed by atoms with Crippen LogP contribution in [0.15, 0.2) is 48.5 Å². The van der Waals surface area contributed by atoms with Crippen molar-refractivity contribution >= 4 is 11.6 Å². The minimum Gasteiger partial charge on any atom is -0.371 e. The molecule has 2 aliphatic rings. The monoisotopic (exact) mass is 377 g/mol. The third-order valence-corrected chi connectivity index (χ3v) is 6.17. The number of carbonyl (C=O) groups excluding carboxylic acids is 1. The highest BCUT2D eigenvalue weighted by Crippen LogP contribution is 2.29. The fraction of sp³-hybridized carbons (Fsp3) is 0.458. The molecule has 4 heteroatoms. The summed E-state index contributed by atoms with van der Waals surface area (Å²) in [6.45, 7) is 8.08. The molecule has 1 unspecified atom stereocenters. The minimum absolute atomic E-state index is 0.0927. The van der Waals surface area contributed by atoms with Crippen LogP contribution >= 0.6 is 0 Å². The van der Waals surface area contributed by atoms with Gasteiger partial charge in [0.2, 0.25) is 5.91 Å². The van der Waals surface area contributed by atoms with E-state index in [0.29, 0.717) is 12.1 Å². The molecule has 0 bridgehead atoms. The maximum atomic E-state index is 11.3. The summed E-state index contributed by atoms with van der Waals surface area (Å²) in [6, 6.07) is 18.7. The smallest absolute Gasteiger partial charge is 0.217 e. The van der Waals surface area contributed by atoms with E-state index in [9.17, 15) is 4.79 Å². The van der Waals surface area contributed by atoms with Gasteiger partial charge in [0.05, 0.1) is 0 Å². The molecule has 0 aromatic heterocycles. The second-order valence-corrected chi connectivity index (χ2v) is 8.32. The van der Waals surface area contributed by atoms with Crippen molar-refractivity contribution in [3.05, 3.63) is 54.1 Å². The van der Waals surface area contributed by atoms with Crippen molar-refractivity contribution in [2.45, 2.75) is 45.2 Å². The van der Waals surface area contributed by atoms with Gasteiger partial charge in [-0.25, -0.2) is 0 Å². The first kappa shape index (κ1) is 19.0. The Morgan fingerprint density at radius 3 is 2.39 bits per heavy atom. The zero-order valence-electron chi connectivity index (χ0n) is 17.0. The molecule has 1 N–H and O–H groups in total. The lowest BCUT2D eigenvalue weighted by molar-refractivity contribution is -0.119. The van der Waals surface area contributed by atoms with Gasteiger partial charge < -0.3 is 10.2 Å². The summed E-state index contributed by atoms with van der Waals surface area (Å²) in [7, 11) is 0. The number of nitrogens with zero attached hydrogens (tertiary/aromatic N) is 2. The van der Waals surface area contributed by atoms with Gasteiger partial charge in [0.25, 0.3) is 0 Å². The van der Waals surface area contributed by atoms with E-state index >= 15 is 0 Å². The first-order valence-electron chi connectivity index (χ1n) is 10.5. The minimum atomic E-state index is 0.0927. The molecule has 0 saturated carbocycles. The van der Waals surface area contributed by atoms with Gasteiger partial charge in [0.1, 0.15) is 0 Å². The van der Waals surface area contributed by atoms with Crippen molar-refractivity contribution < 1.29 is 4.79 Å². The Kier molecular flexibility index (Phi) is 5.67. The molecule has 4 nitrogen and oxygen atoms in total. The fourth-order valence-electron chi connectivity index (χ4n) is 4.72. The Balaban J connectivity index is 1.37. The fourth-order valence-corrected chi connectivity index (χ4v) is 4.72. The normalized spacial score (nSPS) is 21.1. The molecular formula is C24H31N3O. The van der Waals surface area contributed by atoms with Crippen molar-refractivity contribution in [1.29, 1.82) is 0 Å². The maximum Gasteiger partial charge on any atom is 0.217 e. The third-order valence-electron chi connectivity index (χ3n) is 6.17. The number of rotatable bonds is 4. The number of hydrogen-bond donors (Lipinski definition) is 1. The third kappa shape index (κ3) is 4.39. The lowest BCUT2D eigenvalue weighted by Crippen LogP contribution is -2.45. The van der Waals surface area contributed by atoms with Crippen molar-refractivity contribution in [3.63, 3.8) is 0 Å². The number of anilines is 1. The van der Waals surface area contributed by atoms with Gasteiger partial charge in [-0.2, -0.15) is 0 Å². The van der Waals surface area contributed by atoms with Gasteiger partial charge >= 0.3 is 0 Å². The highest BCUT2D eigenvalue weighted by atomic mass is 16.1. The zero-order valence-corrected chi connectivity index (χ0v) is 17.0. The number of nitrogens with one attached hydrogen (secondary N) is 1. The van der Waals surface area contributed by atoms with Gasteiger partial charge in [0, 0.05) is 50.9 Å². The van der Waals surface area contributed by atoms with Crippen LogP contribution in [0, 0.1) is 6.92 Å². The summed E-state index contributed by atoms with van der Waals surface area (Å²) >= 11 is 0. The lowest BCUT2D eigenvalue weighted by Gasteiger charge is -2.38. The summed E-state index contributed by atoms with van der Waals surface area (Å²) < 4.78 is 0. The number of likely N-dealkylation sites (tertiary alicyclic amines) is 1. The Morgan fingerprint density at radius 1 is 0.964 bits per heavy atom. The predicted molar refractivity (Wildman–Crippen MR) is 116 cm³/mol. The number of benzene rings is 2. The maximum absolute atomic E-state index is 11.3. The predicted octanol–water partition coefficient (Wildman–Crippen LogP) is 3.84. The van der Waals surface area contributed by atoms with Gasteiger partial charge in [-0.1, -0.05) is 42.0 Å². The second kappa shape index (κ2) is 8.36. The molecule has 0 aliphatic carbocycles. The Morgan fingerprint density at radius 2 is 1.68 bits per heavy atom. The SMILES string of the molecule is CC(=O)NC1CCN(C2CCN(c3cccc(-c4cccc(C)c4)c3)CC2)C1. The highest BCUT2D eigenvalue weighted by molar-refractivity contribution is 5.73. The van der Waals surface area contributed by atoms with Crippen molar-refractivity contribution in [1.82, 2.24) is 10.2 Å². The van der Waals surface area contributed by atoms with Crippen LogP contribution in [0.5, 0.6) is 0 Å². The van der Waals surface area contributed by atoms with Crippen LogP contribution in [0.4, 0.5) is 5.69 Å². The molecular weight excluding hydrogens is 346 g/mol. The Hall–Kier alpha value is -2.33. The van der Waals surface area contributed by atoms with Gasteiger partial charge in [-0.05, 0) is 49.4 Å². The molecule has 1 atom stereocenters. The summed E-state index contributed by atoms with van der Waals surface area (Å²) in [5, 5.41) is 3.08. The lowest BCUT2D eigenvalue weighted by atomic mass is 10.0. The molecule has 2 aliphatic heterocycles. The molecule has 2 saturated heterocycles. The molecule has 28 heavy (non-hydrogen) atoms. The molecule has 0 radical (unpaired) electrons. The Bertz CT molecular complexity index is 826. The number of carbonyl (C=O) groups is 1. The van der Waals surface area contributed by atoms with Crippen molar-refractivity contribution in [3.8, 4) is 11.1 Å². The van der Waals surface area contributed by atoms with Crippen LogP contribution < -0.4 is 10.2 Å².